The maximum absolute atomic E-state index is 12.6. The van der Waals surface area contributed by atoms with Gasteiger partial charge >= 0.3 is 0 Å². The number of carbonyl (C=O) groups excluding carboxylic acids is 1. The van der Waals surface area contributed by atoms with Gasteiger partial charge in [0.1, 0.15) is 10.7 Å². The van der Waals surface area contributed by atoms with Crippen molar-refractivity contribution in [1.82, 2.24) is 9.29 Å². The first-order valence-corrected chi connectivity index (χ1v) is 9.51. The normalized spacial score (nSPS) is 23.2. The topological polar surface area (TPSA) is 106 Å². The first-order valence-electron chi connectivity index (χ1n) is 8.07. The molecule has 0 saturated carbocycles. The molecule has 2 fully saturated rings. The van der Waals surface area contributed by atoms with Crippen LogP contribution >= 0.6 is 0 Å². The van der Waals surface area contributed by atoms with Crippen molar-refractivity contribution < 1.29 is 17.9 Å². The lowest BCUT2D eigenvalue weighted by Crippen LogP contribution is -2.42. The fraction of sp³-hybridized carbons (Fsp3) is 0.600. The molecule has 1 amide bonds. The van der Waals surface area contributed by atoms with Crippen LogP contribution in [0.2, 0.25) is 0 Å². The number of morpholine rings is 1. The van der Waals surface area contributed by atoms with E-state index in [-0.39, 0.29) is 16.7 Å². The second-order valence-electron chi connectivity index (χ2n) is 6.06. The molecule has 132 valence electrons. The Hall–Kier alpha value is -1.71. The first-order chi connectivity index (χ1) is 11.5. The largest absolute Gasteiger partial charge is 0.379 e. The third-order valence-electron chi connectivity index (χ3n) is 4.48. The maximum atomic E-state index is 12.6. The number of sulfonamides is 1. The molecule has 2 N–H and O–H groups in total. The SMILES string of the molecule is NC(=O)[C@H]1CCCN(c2ccc(S(=O)(=O)N3CCOCC3)cn2)C1. The first kappa shape index (κ1) is 17.1. The fourth-order valence-electron chi connectivity index (χ4n) is 3.07. The number of carbonyl (C=O) groups is 1. The van der Waals surface area contributed by atoms with Crippen molar-refractivity contribution in [2.45, 2.75) is 17.7 Å². The van der Waals surface area contributed by atoms with Gasteiger partial charge in [0.25, 0.3) is 0 Å². The molecule has 9 heteroatoms. The summed E-state index contributed by atoms with van der Waals surface area (Å²) >= 11 is 0. The van der Waals surface area contributed by atoms with Gasteiger partial charge in [-0.05, 0) is 25.0 Å². The summed E-state index contributed by atoms with van der Waals surface area (Å²) in [6.45, 7) is 2.84. The number of ether oxygens (including phenoxy) is 1. The minimum atomic E-state index is -3.54. The van der Waals surface area contributed by atoms with Crippen molar-refractivity contribution in [2.24, 2.45) is 11.7 Å². The van der Waals surface area contributed by atoms with Gasteiger partial charge < -0.3 is 15.4 Å². The van der Waals surface area contributed by atoms with E-state index in [1.165, 1.54) is 10.5 Å². The van der Waals surface area contributed by atoms with Crippen molar-refractivity contribution >= 4 is 21.7 Å². The molecule has 24 heavy (non-hydrogen) atoms. The molecular weight excluding hydrogens is 332 g/mol. The monoisotopic (exact) mass is 354 g/mol. The number of aromatic nitrogens is 1. The maximum Gasteiger partial charge on any atom is 0.244 e. The van der Waals surface area contributed by atoms with Gasteiger partial charge in [0.05, 0.1) is 19.1 Å². The zero-order valence-electron chi connectivity index (χ0n) is 13.4. The van der Waals surface area contributed by atoms with Crippen LogP contribution in [0.25, 0.3) is 0 Å². The molecule has 0 aromatic carbocycles. The number of hydrogen-bond acceptors (Lipinski definition) is 6. The van der Waals surface area contributed by atoms with Crippen molar-refractivity contribution in [3.05, 3.63) is 18.3 Å². The summed E-state index contributed by atoms with van der Waals surface area (Å²) in [5.41, 5.74) is 5.39. The predicted octanol–water partition coefficient (Wildman–Crippen LogP) is -0.196. The Balaban J connectivity index is 1.74. The fourth-order valence-corrected chi connectivity index (χ4v) is 4.42. The number of nitrogens with zero attached hydrogens (tertiary/aromatic N) is 3. The smallest absolute Gasteiger partial charge is 0.244 e. The number of primary amides is 1. The molecule has 2 aliphatic heterocycles. The molecule has 0 unspecified atom stereocenters. The van der Waals surface area contributed by atoms with E-state index < -0.39 is 10.0 Å². The highest BCUT2D eigenvalue weighted by atomic mass is 32.2. The number of anilines is 1. The summed E-state index contributed by atoms with van der Waals surface area (Å²) in [4.78, 5) is 17.8. The van der Waals surface area contributed by atoms with Gasteiger partial charge in [-0.15, -0.1) is 0 Å². The van der Waals surface area contributed by atoms with E-state index in [1.54, 1.807) is 12.1 Å². The van der Waals surface area contributed by atoms with Crippen LogP contribution in [0.1, 0.15) is 12.8 Å². The summed E-state index contributed by atoms with van der Waals surface area (Å²) < 4.78 is 31.7. The van der Waals surface area contributed by atoms with E-state index in [4.69, 9.17) is 10.5 Å². The van der Waals surface area contributed by atoms with Crippen LogP contribution in [0.3, 0.4) is 0 Å². The van der Waals surface area contributed by atoms with Crippen LogP contribution < -0.4 is 10.6 Å². The Morgan fingerprint density at radius 3 is 2.62 bits per heavy atom. The molecule has 1 aromatic rings. The number of rotatable bonds is 4. The van der Waals surface area contributed by atoms with Gasteiger partial charge in [0.2, 0.25) is 15.9 Å². The molecule has 1 aromatic heterocycles. The third kappa shape index (κ3) is 3.52. The average Bonchev–Trinajstić information content (AvgIpc) is 2.62. The van der Waals surface area contributed by atoms with Crippen molar-refractivity contribution in [2.75, 3.05) is 44.3 Å². The standard InChI is InChI=1S/C15H22N4O4S/c16-15(20)12-2-1-5-18(11-12)14-4-3-13(10-17-14)24(21,22)19-6-8-23-9-7-19/h3-4,10,12H,1-2,5-9,11H2,(H2,16,20)/t12-/m0/s1. The minimum Gasteiger partial charge on any atom is -0.379 e. The van der Waals surface area contributed by atoms with Gasteiger partial charge in [-0.1, -0.05) is 0 Å². The number of pyridine rings is 1. The Bertz CT molecular complexity index is 686. The molecule has 3 rings (SSSR count). The Morgan fingerprint density at radius 2 is 2.00 bits per heavy atom. The zero-order chi connectivity index (χ0) is 17.2. The molecule has 0 radical (unpaired) electrons. The van der Waals surface area contributed by atoms with E-state index in [2.05, 4.69) is 4.98 Å². The van der Waals surface area contributed by atoms with Gasteiger partial charge in [-0.2, -0.15) is 4.31 Å². The molecule has 8 nitrogen and oxygen atoms in total. The summed E-state index contributed by atoms with van der Waals surface area (Å²) in [5, 5.41) is 0. The lowest BCUT2D eigenvalue weighted by Gasteiger charge is -2.32. The molecule has 2 aliphatic rings. The number of hydrogen-bond donors (Lipinski definition) is 1. The van der Waals surface area contributed by atoms with Crippen molar-refractivity contribution in [3.8, 4) is 0 Å². The Kier molecular flexibility index (Phi) is 5.02. The molecular formula is C15H22N4O4S. The van der Waals surface area contributed by atoms with E-state index in [0.717, 1.165) is 19.4 Å². The number of piperidine rings is 1. The van der Waals surface area contributed by atoms with Crippen LogP contribution in [0.5, 0.6) is 0 Å². The quantitative estimate of drug-likeness (QED) is 0.803. The van der Waals surface area contributed by atoms with Crippen molar-refractivity contribution in [1.29, 1.82) is 0 Å². The Labute approximate surface area is 141 Å². The molecule has 2 saturated heterocycles. The minimum absolute atomic E-state index is 0.177. The molecule has 1 atom stereocenters. The summed E-state index contributed by atoms with van der Waals surface area (Å²) in [6, 6.07) is 3.26. The second kappa shape index (κ2) is 7.04. The van der Waals surface area contributed by atoms with Gasteiger partial charge in [-0.25, -0.2) is 13.4 Å². The summed E-state index contributed by atoms with van der Waals surface area (Å²) in [6.07, 6.45) is 3.03. The predicted molar refractivity (Wildman–Crippen MR) is 87.9 cm³/mol. The van der Waals surface area contributed by atoms with E-state index >= 15 is 0 Å². The highest BCUT2D eigenvalue weighted by Gasteiger charge is 2.28. The average molecular weight is 354 g/mol. The summed E-state index contributed by atoms with van der Waals surface area (Å²) in [5.74, 6) is 0.186. The van der Waals surface area contributed by atoms with E-state index in [0.29, 0.717) is 38.7 Å². The van der Waals surface area contributed by atoms with Gasteiger partial charge in [0, 0.05) is 32.4 Å². The Morgan fingerprint density at radius 1 is 1.25 bits per heavy atom. The lowest BCUT2D eigenvalue weighted by molar-refractivity contribution is -0.122. The number of nitrogens with two attached hydrogens (primary N) is 1. The molecule has 3 heterocycles. The molecule has 0 spiro atoms. The molecule has 0 bridgehead atoms. The second-order valence-corrected chi connectivity index (χ2v) is 7.99. The zero-order valence-corrected chi connectivity index (χ0v) is 14.2. The van der Waals surface area contributed by atoms with Gasteiger partial charge in [0.15, 0.2) is 0 Å². The van der Waals surface area contributed by atoms with E-state index in [9.17, 15) is 13.2 Å². The summed E-state index contributed by atoms with van der Waals surface area (Å²) in [7, 11) is -3.54. The van der Waals surface area contributed by atoms with Crippen molar-refractivity contribution in [3.63, 3.8) is 0 Å². The van der Waals surface area contributed by atoms with Crippen LogP contribution in [-0.4, -0.2) is 63.0 Å². The number of amides is 1. The highest BCUT2D eigenvalue weighted by molar-refractivity contribution is 7.89. The van der Waals surface area contributed by atoms with Crippen LogP contribution in [0, 0.1) is 5.92 Å². The van der Waals surface area contributed by atoms with Crippen LogP contribution in [0.15, 0.2) is 23.2 Å². The third-order valence-corrected chi connectivity index (χ3v) is 6.36. The van der Waals surface area contributed by atoms with Crippen LogP contribution in [-0.2, 0) is 19.6 Å². The molecule has 0 aliphatic carbocycles. The lowest BCUT2D eigenvalue weighted by atomic mass is 9.97. The van der Waals surface area contributed by atoms with Crippen LogP contribution in [0.4, 0.5) is 5.82 Å². The van der Waals surface area contributed by atoms with Gasteiger partial charge in [-0.3, -0.25) is 4.79 Å². The van der Waals surface area contributed by atoms with E-state index in [1.807, 2.05) is 4.90 Å². The highest BCUT2D eigenvalue weighted by Crippen LogP contribution is 2.23.